The van der Waals surface area contributed by atoms with Crippen molar-refractivity contribution >= 4 is 22.8 Å². The first-order valence-electron chi connectivity index (χ1n) is 9.27. The second-order valence-electron chi connectivity index (χ2n) is 8.50. The Bertz CT molecular complexity index is 946. The number of rotatable bonds is 3. The lowest BCUT2D eigenvalue weighted by Crippen LogP contribution is -2.26. The van der Waals surface area contributed by atoms with Gasteiger partial charge in [-0.25, -0.2) is 4.98 Å². The smallest absolute Gasteiger partial charge is 0.280 e. The average molecular weight is 345 g/mol. The highest BCUT2D eigenvalue weighted by atomic mass is 35.5. The fourth-order valence-corrected chi connectivity index (χ4v) is 7.27. The van der Waals surface area contributed by atoms with Crippen LogP contribution in [0.4, 0.5) is 0 Å². The normalized spacial score (nSPS) is 41.3. The van der Waals surface area contributed by atoms with Gasteiger partial charge >= 0.3 is 0 Å². The second kappa shape index (κ2) is 4.06. The lowest BCUT2D eigenvalue weighted by molar-refractivity contribution is 0.282. The van der Waals surface area contributed by atoms with Gasteiger partial charge in [-0.2, -0.15) is 4.98 Å². The Balaban J connectivity index is 1.53. The average Bonchev–Trinajstić information content (AvgIpc) is 2.92. The quantitative estimate of drug-likeness (QED) is 0.869. The Hall–Kier alpha value is -1.36. The molecule has 4 fully saturated rings. The minimum absolute atomic E-state index is 0.0795. The summed E-state index contributed by atoms with van der Waals surface area (Å²) in [6.07, 6.45) is 7.60. The van der Waals surface area contributed by atoms with Gasteiger partial charge in [0.05, 0.1) is 0 Å². The van der Waals surface area contributed by atoms with Crippen LogP contribution < -0.4 is 5.56 Å². The summed E-state index contributed by atoms with van der Waals surface area (Å²) in [6, 6.07) is 0. The van der Waals surface area contributed by atoms with Crippen molar-refractivity contribution in [2.75, 3.05) is 0 Å². The number of imidazole rings is 1. The zero-order valence-electron chi connectivity index (χ0n) is 13.8. The predicted molar refractivity (Wildman–Crippen MR) is 91.1 cm³/mol. The van der Waals surface area contributed by atoms with Crippen molar-refractivity contribution in [1.29, 1.82) is 0 Å². The van der Waals surface area contributed by atoms with Crippen LogP contribution in [0.1, 0.15) is 51.3 Å². The molecule has 2 heterocycles. The number of hydrogen-bond acceptors (Lipinski definition) is 3. The van der Waals surface area contributed by atoms with E-state index in [0.717, 1.165) is 30.0 Å². The fourth-order valence-electron chi connectivity index (χ4n) is 7.03. The number of nitrogens with zero attached hydrogens (tertiary/aromatic N) is 3. The number of fused-ring (bicyclic) bond motifs is 3. The lowest BCUT2D eigenvalue weighted by atomic mass is 9.79. The molecule has 0 amide bonds. The van der Waals surface area contributed by atoms with Crippen LogP contribution >= 0.6 is 11.6 Å². The first kappa shape index (κ1) is 13.9. The summed E-state index contributed by atoms with van der Waals surface area (Å²) >= 11 is 6.22. The molecule has 1 spiro atoms. The van der Waals surface area contributed by atoms with E-state index < -0.39 is 0 Å². The van der Waals surface area contributed by atoms with Crippen LogP contribution in [-0.2, 0) is 12.0 Å². The van der Waals surface area contributed by atoms with E-state index in [-0.39, 0.29) is 16.3 Å². The Morgan fingerprint density at radius 3 is 3.08 bits per heavy atom. The van der Waals surface area contributed by atoms with Crippen LogP contribution in [-0.4, -0.2) is 19.5 Å². The number of hydrogen-bond donors (Lipinski definition) is 1. The molecule has 5 nitrogen and oxygen atoms in total. The van der Waals surface area contributed by atoms with Crippen molar-refractivity contribution in [2.45, 2.75) is 57.4 Å². The molecule has 24 heavy (non-hydrogen) atoms. The van der Waals surface area contributed by atoms with Crippen LogP contribution in [0, 0.1) is 23.2 Å². The van der Waals surface area contributed by atoms with Crippen molar-refractivity contribution in [3.8, 4) is 0 Å². The van der Waals surface area contributed by atoms with Gasteiger partial charge in [-0.15, -0.1) is 0 Å². The third kappa shape index (κ3) is 1.29. The Morgan fingerprint density at radius 1 is 1.38 bits per heavy atom. The maximum atomic E-state index is 12.8. The first-order valence-corrected chi connectivity index (χ1v) is 9.65. The molecule has 4 aliphatic carbocycles. The van der Waals surface area contributed by atoms with Crippen LogP contribution in [0.25, 0.3) is 11.2 Å². The molecule has 6 heteroatoms. The van der Waals surface area contributed by atoms with Crippen molar-refractivity contribution < 1.29 is 0 Å². The number of H-pyrrole nitrogens is 1. The third-order valence-corrected chi connectivity index (χ3v) is 8.14. The largest absolute Gasteiger partial charge is 0.336 e. The minimum atomic E-state index is -0.0795. The number of nitrogens with one attached hydrogen (secondary N) is 1. The molecule has 5 atom stereocenters. The van der Waals surface area contributed by atoms with Crippen molar-refractivity contribution in [3.05, 3.63) is 21.5 Å². The molecule has 6 rings (SSSR count). The van der Waals surface area contributed by atoms with Crippen molar-refractivity contribution in [3.63, 3.8) is 0 Å². The van der Waals surface area contributed by atoms with E-state index in [9.17, 15) is 4.79 Å². The molecule has 2 aromatic heterocycles. The lowest BCUT2D eigenvalue weighted by Gasteiger charge is -2.25. The van der Waals surface area contributed by atoms with E-state index in [0.29, 0.717) is 23.1 Å². The molecule has 0 aliphatic heterocycles. The molecule has 4 saturated carbocycles. The summed E-state index contributed by atoms with van der Waals surface area (Å²) in [5.74, 6) is 3.65. The summed E-state index contributed by atoms with van der Waals surface area (Å²) in [7, 11) is 0. The van der Waals surface area contributed by atoms with Crippen LogP contribution in [0.3, 0.4) is 0 Å². The zero-order chi connectivity index (χ0) is 16.3. The van der Waals surface area contributed by atoms with E-state index in [2.05, 4.69) is 9.97 Å². The molecule has 5 unspecified atom stereocenters. The van der Waals surface area contributed by atoms with Gasteiger partial charge in [-0.05, 0) is 73.3 Å². The van der Waals surface area contributed by atoms with Gasteiger partial charge in [-0.3, -0.25) is 9.36 Å². The van der Waals surface area contributed by atoms with Crippen LogP contribution in [0.2, 0.25) is 5.28 Å². The van der Waals surface area contributed by atoms with Gasteiger partial charge in [0.15, 0.2) is 11.2 Å². The van der Waals surface area contributed by atoms with Gasteiger partial charge < -0.3 is 4.98 Å². The summed E-state index contributed by atoms with van der Waals surface area (Å²) < 4.78 is 1.55. The molecule has 2 bridgehead atoms. The topological polar surface area (TPSA) is 63.6 Å². The van der Waals surface area contributed by atoms with Crippen LogP contribution in [0.15, 0.2) is 4.79 Å². The summed E-state index contributed by atoms with van der Waals surface area (Å²) in [5, 5.41) is 0.254. The number of aromatic nitrogens is 4. The second-order valence-corrected chi connectivity index (χ2v) is 8.84. The van der Waals surface area contributed by atoms with Crippen molar-refractivity contribution in [1.82, 2.24) is 19.5 Å². The van der Waals surface area contributed by atoms with Gasteiger partial charge in [0.2, 0.25) is 5.28 Å². The Labute approximate surface area is 144 Å². The molecule has 0 saturated heterocycles. The van der Waals surface area contributed by atoms with Gasteiger partial charge in [0, 0.05) is 12.0 Å². The summed E-state index contributed by atoms with van der Waals surface area (Å²) in [6.45, 7) is 2.63. The third-order valence-electron chi connectivity index (χ3n) is 7.85. The molecule has 2 aromatic rings. The van der Waals surface area contributed by atoms with E-state index in [1.54, 1.807) is 4.57 Å². The minimum Gasteiger partial charge on any atom is -0.336 e. The molecule has 126 valence electrons. The van der Waals surface area contributed by atoms with Crippen molar-refractivity contribution in [2.24, 2.45) is 23.2 Å². The van der Waals surface area contributed by atoms with Crippen LogP contribution in [0.5, 0.6) is 0 Å². The first-order chi connectivity index (χ1) is 11.6. The molecule has 0 aromatic carbocycles. The molecular formula is C18H21ClN4O. The standard InChI is InChI=1S/C18H21ClN4O/c1-2-5-23-14(24)12-13(22-16(23)19)21-15(20-12)18-8-17(18)4-3-9-6-10(18)7-11(9)17/h9-11H,2-8H2,1H3,(H,20,21). The maximum absolute atomic E-state index is 12.8. The SMILES string of the molecule is CCCn1c(Cl)nc2nc(C34CC35CCC3CC4CC35)[nH]c2c1=O. The zero-order valence-corrected chi connectivity index (χ0v) is 14.6. The Morgan fingerprint density at radius 2 is 2.25 bits per heavy atom. The highest BCUT2D eigenvalue weighted by Gasteiger charge is 2.84. The fraction of sp³-hybridized carbons (Fsp3) is 0.722. The highest BCUT2D eigenvalue weighted by molar-refractivity contribution is 6.28. The highest BCUT2D eigenvalue weighted by Crippen LogP contribution is 2.88. The molecule has 0 radical (unpaired) electrons. The van der Waals surface area contributed by atoms with Gasteiger partial charge in [-0.1, -0.05) is 6.92 Å². The number of aromatic amines is 1. The summed E-state index contributed by atoms with van der Waals surface area (Å²) in [5.41, 5.74) is 1.66. The van der Waals surface area contributed by atoms with Gasteiger partial charge in [0.25, 0.3) is 5.56 Å². The predicted octanol–water partition coefficient (Wildman–Crippen LogP) is 3.26. The number of halogens is 1. The van der Waals surface area contributed by atoms with E-state index in [1.165, 1.54) is 32.1 Å². The van der Waals surface area contributed by atoms with E-state index in [4.69, 9.17) is 16.6 Å². The molecular weight excluding hydrogens is 324 g/mol. The monoisotopic (exact) mass is 344 g/mol. The maximum Gasteiger partial charge on any atom is 0.280 e. The summed E-state index contributed by atoms with van der Waals surface area (Å²) in [4.78, 5) is 25.4. The van der Waals surface area contributed by atoms with Gasteiger partial charge in [0.1, 0.15) is 5.82 Å². The molecule has 1 N–H and O–H groups in total. The molecule has 4 aliphatic rings. The van der Waals surface area contributed by atoms with E-state index in [1.807, 2.05) is 6.92 Å². The van der Waals surface area contributed by atoms with E-state index >= 15 is 0 Å². The Kier molecular flexibility index (Phi) is 2.35.